The summed E-state index contributed by atoms with van der Waals surface area (Å²) >= 11 is 25.0. The molecule has 0 aliphatic carbocycles. The van der Waals surface area contributed by atoms with Crippen LogP contribution in [0.5, 0.6) is 0 Å². The number of carbonyl (C=O) groups excluding carboxylic acids is 2. The summed E-state index contributed by atoms with van der Waals surface area (Å²) in [5.74, 6) is -0.510. The van der Waals surface area contributed by atoms with Crippen molar-refractivity contribution >= 4 is 74.1 Å². The van der Waals surface area contributed by atoms with Crippen LogP contribution < -0.4 is 4.72 Å². The number of sulfonamides is 1. The van der Waals surface area contributed by atoms with Crippen molar-refractivity contribution in [3.8, 4) is 0 Å². The third-order valence-corrected chi connectivity index (χ3v) is 10.5. The molecule has 0 bridgehead atoms. The highest BCUT2D eigenvalue weighted by molar-refractivity contribution is 7.88. The topological polar surface area (TPSA) is 115 Å². The van der Waals surface area contributed by atoms with Crippen molar-refractivity contribution < 1.29 is 22.8 Å². The van der Waals surface area contributed by atoms with Crippen molar-refractivity contribution in [2.75, 3.05) is 72.8 Å². The summed E-state index contributed by atoms with van der Waals surface area (Å²) in [6.07, 6.45) is 4.29. The van der Waals surface area contributed by atoms with Crippen LogP contribution in [-0.2, 0) is 14.9 Å². The van der Waals surface area contributed by atoms with Crippen LogP contribution in [-0.4, -0.2) is 124 Å². The maximum Gasteiger partial charge on any atom is 0.320 e. The van der Waals surface area contributed by atoms with Crippen molar-refractivity contribution in [3.05, 3.63) is 67.6 Å². The summed E-state index contributed by atoms with van der Waals surface area (Å²) in [5, 5.41) is 5.97. The highest BCUT2D eigenvalue weighted by atomic mass is 35.5. The van der Waals surface area contributed by atoms with E-state index in [0.717, 1.165) is 50.7 Å². The summed E-state index contributed by atoms with van der Waals surface area (Å²) in [4.78, 5) is 39.5. The molecule has 4 rings (SSSR count). The minimum Gasteiger partial charge on any atom is -0.399 e. The lowest BCUT2D eigenvalue weighted by Crippen LogP contribution is -2.56. The molecule has 48 heavy (non-hydrogen) atoms. The van der Waals surface area contributed by atoms with Crippen LogP contribution in [0.4, 0.5) is 4.79 Å². The standard InChI is InChI=1S/C32H42Cl4N6O5S/c1-39(31(43)23-17-24(33)20-25(34)18-23)21-30(38-47-2)27(22-5-6-28(35)29(36)19-22)9-15-40-13-7-26(8-14-40)42-12-4-11-41(32(42)44)16-10-37-48(3,45)46/h5-6,17-20,26-27,37H,4,7-16,21H2,1-3H3/b38-30-/t27-/m1/s1. The molecule has 1 atom stereocenters. The fraction of sp³-hybridized carbons (Fsp3) is 0.531. The van der Waals surface area contributed by atoms with Gasteiger partial charge in [0.2, 0.25) is 10.0 Å². The van der Waals surface area contributed by atoms with E-state index in [0.29, 0.717) is 57.4 Å². The van der Waals surface area contributed by atoms with Crippen LogP contribution in [0.1, 0.15) is 47.5 Å². The number of halogens is 4. The van der Waals surface area contributed by atoms with Gasteiger partial charge in [-0.25, -0.2) is 17.9 Å². The molecule has 2 saturated heterocycles. The molecule has 0 radical (unpaired) electrons. The smallest absolute Gasteiger partial charge is 0.320 e. The van der Waals surface area contributed by atoms with E-state index in [-0.39, 0.29) is 37.0 Å². The van der Waals surface area contributed by atoms with Gasteiger partial charge in [0.05, 0.1) is 28.6 Å². The zero-order chi connectivity index (χ0) is 35.0. The van der Waals surface area contributed by atoms with Gasteiger partial charge in [-0.3, -0.25) is 4.79 Å². The first-order valence-corrected chi connectivity index (χ1v) is 19.1. The molecular weight excluding hydrogens is 722 g/mol. The molecule has 264 valence electrons. The summed E-state index contributed by atoms with van der Waals surface area (Å²) in [6.45, 7) is 4.39. The zero-order valence-electron chi connectivity index (χ0n) is 27.3. The summed E-state index contributed by atoms with van der Waals surface area (Å²) < 4.78 is 25.4. The Kier molecular flexibility index (Phi) is 14.1. The van der Waals surface area contributed by atoms with Gasteiger partial charge in [0.25, 0.3) is 5.91 Å². The monoisotopic (exact) mass is 762 g/mol. The molecule has 11 nitrogen and oxygen atoms in total. The highest BCUT2D eigenvalue weighted by Gasteiger charge is 2.33. The van der Waals surface area contributed by atoms with Crippen LogP contribution in [0.2, 0.25) is 20.1 Å². The molecule has 2 aromatic rings. The molecule has 2 fully saturated rings. The number of likely N-dealkylation sites (tertiary alicyclic amines) is 1. The van der Waals surface area contributed by atoms with Gasteiger partial charge >= 0.3 is 6.03 Å². The average Bonchev–Trinajstić information content (AvgIpc) is 3.02. The maximum atomic E-state index is 13.4. The Morgan fingerprint density at radius 3 is 2.33 bits per heavy atom. The number of rotatable bonds is 14. The van der Waals surface area contributed by atoms with Gasteiger partial charge in [0.15, 0.2) is 0 Å². The number of oxime groups is 1. The first-order valence-electron chi connectivity index (χ1n) is 15.7. The van der Waals surface area contributed by atoms with Crippen LogP contribution in [0.3, 0.4) is 0 Å². The minimum absolute atomic E-state index is 0.0335. The van der Waals surface area contributed by atoms with Crippen molar-refractivity contribution in [2.45, 2.75) is 37.6 Å². The first-order chi connectivity index (χ1) is 22.8. The quantitative estimate of drug-likeness (QED) is 0.196. The van der Waals surface area contributed by atoms with E-state index >= 15 is 0 Å². The molecule has 0 unspecified atom stereocenters. The molecule has 16 heteroatoms. The van der Waals surface area contributed by atoms with E-state index < -0.39 is 10.0 Å². The molecule has 0 spiro atoms. The van der Waals surface area contributed by atoms with E-state index in [1.54, 1.807) is 41.1 Å². The Hall–Kier alpha value is -2.32. The van der Waals surface area contributed by atoms with Crippen LogP contribution in [0.25, 0.3) is 0 Å². The van der Waals surface area contributed by atoms with Gasteiger partial charge in [-0.1, -0.05) is 57.6 Å². The van der Waals surface area contributed by atoms with E-state index in [1.807, 2.05) is 17.0 Å². The van der Waals surface area contributed by atoms with Gasteiger partial charge in [-0.2, -0.15) is 0 Å². The number of urea groups is 1. The first kappa shape index (κ1) is 38.5. The van der Waals surface area contributed by atoms with E-state index in [9.17, 15) is 18.0 Å². The highest BCUT2D eigenvalue weighted by Crippen LogP contribution is 2.31. The number of amides is 3. The Morgan fingerprint density at radius 2 is 1.71 bits per heavy atom. The van der Waals surface area contributed by atoms with Gasteiger partial charge in [-0.05, 0) is 68.1 Å². The van der Waals surface area contributed by atoms with Crippen LogP contribution in [0, 0.1) is 0 Å². The summed E-state index contributed by atoms with van der Waals surface area (Å²) in [5.41, 5.74) is 1.90. The largest absolute Gasteiger partial charge is 0.399 e. The van der Waals surface area contributed by atoms with Crippen molar-refractivity contribution in [2.24, 2.45) is 5.16 Å². The predicted molar refractivity (Wildman–Crippen MR) is 192 cm³/mol. The second-order valence-electron chi connectivity index (χ2n) is 12.2. The third-order valence-electron chi connectivity index (χ3n) is 8.63. The second kappa shape index (κ2) is 17.6. The average molecular weight is 765 g/mol. The molecule has 2 aromatic carbocycles. The van der Waals surface area contributed by atoms with Crippen molar-refractivity contribution in [1.82, 2.24) is 24.3 Å². The Labute approximate surface area is 303 Å². The lowest BCUT2D eigenvalue weighted by molar-refractivity contribution is 0.0786. The minimum atomic E-state index is -3.31. The molecule has 3 amide bonds. The summed E-state index contributed by atoms with van der Waals surface area (Å²) in [7, 11) is -0.152. The number of hydrogen-bond acceptors (Lipinski definition) is 7. The molecule has 1 N–H and O–H groups in total. The van der Waals surface area contributed by atoms with E-state index in [2.05, 4.69) is 14.8 Å². The van der Waals surface area contributed by atoms with Crippen LogP contribution >= 0.6 is 46.4 Å². The van der Waals surface area contributed by atoms with Gasteiger partial charge in [0, 0.05) is 73.9 Å². The van der Waals surface area contributed by atoms with Crippen LogP contribution in [0.15, 0.2) is 41.6 Å². The summed E-state index contributed by atoms with van der Waals surface area (Å²) in [6, 6.07) is 10.3. The Balaban J connectivity index is 1.42. The van der Waals surface area contributed by atoms with Gasteiger partial charge < -0.3 is 24.4 Å². The number of nitrogens with one attached hydrogen (secondary N) is 1. The van der Waals surface area contributed by atoms with E-state index in [4.69, 9.17) is 51.2 Å². The Morgan fingerprint density at radius 1 is 1.02 bits per heavy atom. The van der Waals surface area contributed by atoms with Gasteiger partial charge in [-0.15, -0.1) is 0 Å². The number of carbonyl (C=O) groups is 2. The third kappa shape index (κ3) is 10.8. The van der Waals surface area contributed by atoms with Gasteiger partial charge in [0.1, 0.15) is 7.11 Å². The lowest BCUT2D eigenvalue weighted by Gasteiger charge is -2.43. The molecule has 0 saturated carbocycles. The second-order valence-corrected chi connectivity index (χ2v) is 15.7. The lowest BCUT2D eigenvalue weighted by atomic mass is 9.89. The maximum absolute atomic E-state index is 13.4. The number of hydrogen-bond donors (Lipinski definition) is 1. The number of nitrogens with zero attached hydrogens (tertiary/aromatic N) is 5. The van der Waals surface area contributed by atoms with Crippen molar-refractivity contribution in [3.63, 3.8) is 0 Å². The Bertz CT molecular complexity index is 1570. The SMILES string of the molecule is CO/N=C(/CN(C)C(=O)c1cc(Cl)cc(Cl)c1)[C@H](CCN1CCC(N2CCCN(CCNS(C)(=O)=O)C2=O)CC1)c1ccc(Cl)c(Cl)c1. The van der Waals surface area contributed by atoms with E-state index in [1.165, 1.54) is 7.11 Å². The molecule has 2 aliphatic rings. The molecular formula is C32H42Cl4N6O5S. The molecule has 2 heterocycles. The number of piperidine rings is 1. The fourth-order valence-corrected chi connectivity index (χ4v) is 7.57. The normalized spacial score (nSPS) is 17.5. The predicted octanol–water partition coefficient (Wildman–Crippen LogP) is 5.69. The zero-order valence-corrected chi connectivity index (χ0v) is 31.1. The van der Waals surface area contributed by atoms with Crippen molar-refractivity contribution in [1.29, 1.82) is 0 Å². The fourth-order valence-electron chi connectivity index (χ4n) is 6.27. The molecule has 2 aliphatic heterocycles. The number of benzene rings is 2. The molecule has 0 aromatic heterocycles.